The second-order valence-electron chi connectivity index (χ2n) is 5.78. The molecule has 0 spiro atoms. The third-order valence-corrected chi connectivity index (χ3v) is 3.87. The van der Waals surface area contributed by atoms with Crippen molar-refractivity contribution < 1.29 is 19.3 Å². The molecule has 5 heteroatoms. The van der Waals surface area contributed by atoms with E-state index >= 15 is 0 Å². The molecule has 1 saturated heterocycles. The van der Waals surface area contributed by atoms with Gasteiger partial charge in [0, 0.05) is 59.3 Å². The molecular formula is C17H27NO4. The van der Waals surface area contributed by atoms with Gasteiger partial charge in [-0.3, -0.25) is 0 Å². The average molecular weight is 309 g/mol. The molecule has 5 nitrogen and oxygen atoms in total. The number of hydrogen-bond donors (Lipinski definition) is 2. The van der Waals surface area contributed by atoms with Gasteiger partial charge in [-0.25, -0.2) is 0 Å². The summed E-state index contributed by atoms with van der Waals surface area (Å²) in [6, 6.07) is 8.05. The minimum atomic E-state index is -0.632. The fraction of sp³-hybridized carbons (Fsp3) is 0.647. The zero-order valence-corrected chi connectivity index (χ0v) is 13.3. The number of methoxy groups -OCH3 is 1. The monoisotopic (exact) mass is 309 g/mol. The summed E-state index contributed by atoms with van der Waals surface area (Å²) < 4.78 is 16.0. The molecule has 2 N–H and O–H groups in total. The van der Waals surface area contributed by atoms with Gasteiger partial charge in [-0.15, -0.1) is 0 Å². The van der Waals surface area contributed by atoms with Gasteiger partial charge in [0.1, 0.15) is 5.75 Å². The molecule has 0 aliphatic carbocycles. The van der Waals surface area contributed by atoms with Crippen LogP contribution in [0.15, 0.2) is 24.3 Å². The Hall–Kier alpha value is -1.14. The molecule has 0 saturated carbocycles. The Morgan fingerprint density at radius 3 is 2.86 bits per heavy atom. The van der Waals surface area contributed by atoms with Crippen LogP contribution >= 0.6 is 0 Å². The van der Waals surface area contributed by atoms with Gasteiger partial charge in [-0.1, -0.05) is 12.1 Å². The number of benzene rings is 1. The number of hydrogen-bond acceptors (Lipinski definition) is 5. The van der Waals surface area contributed by atoms with E-state index in [1.165, 1.54) is 0 Å². The fourth-order valence-corrected chi connectivity index (χ4v) is 2.51. The fourth-order valence-electron chi connectivity index (χ4n) is 2.51. The van der Waals surface area contributed by atoms with Crippen molar-refractivity contribution in [1.29, 1.82) is 0 Å². The normalized spacial score (nSPS) is 17.4. The molecule has 1 heterocycles. The van der Waals surface area contributed by atoms with E-state index in [-0.39, 0.29) is 0 Å². The first-order chi connectivity index (χ1) is 10.7. The average Bonchev–Trinajstić information content (AvgIpc) is 2.53. The smallest absolute Gasteiger partial charge is 0.119 e. The van der Waals surface area contributed by atoms with E-state index in [0.29, 0.717) is 45.8 Å². The van der Waals surface area contributed by atoms with E-state index in [1.807, 2.05) is 18.2 Å². The molecule has 0 atom stereocenters. The largest absolute Gasteiger partial charge is 0.493 e. The Kier molecular flexibility index (Phi) is 7.12. The highest BCUT2D eigenvalue weighted by Gasteiger charge is 2.28. The molecule has 1 aliphatic rings. The lowest BCUT2D eigenvalue weighted by molar-refractivity contribution is -0.0617. The molecule has 1 aromatic rings. The maximum absolute atomic E-state index is 10.4. The van der Waals surface area contributed by atoms with Crippen molar-refractivity contribution in [3.8, 4) is 5.75 Å². The van der Waals surface area contributed by atoms with Crippen molar-refractivity contribution in [2.45, 2.75) is 31.4 Å². The third-order valence-electron chi connectivity index (χ3n) is 3.87. The number of nitrogens with one attached hydrogen (secondary N) is 1. The molecule has 1 fully saturated rings. The Morgan fingerprint density at radius 2 is 2.09 bits per heavy atom. The zero-order valence-electron chi connectivity index (χ0n) is 13.3. The van der Waals surface area contributed by atoms with Crippen molar-refractivity contribution in [1.82, 2.24) is 5.32 Å². The van der Waals surface area contributed by atoms with E-state index in [2.05, 4.69) is 11.4 Å². The van der Waals surface area contributed by atoms with Gasteiger partial charge in [0.05, 0.1) is 12.2 Å². The molecule has 1 aliphatic heterocycles. The highest BCUT2D eigenvalue weighted by molar-refractivity contribution is 5.28. The van der Waals surface area contributed by atoms with Gasteiger partial charge in [-0.2, -0.15) is 0 Å². The lowest BCUT2D eigenvalue weighted by atomic mass is 9.94. The topological polar surface area (TPSA) is 60.0 Å². The lowest BCUT2D eigenvalue weighted by Crippen LogP contribution is -2.44. The molecule has 0 aromatic heterocycles. The minimum absolute atomic E-state index is 0.593. The first kappa shape index (κ1) is 17.2. The van der Waals surface area contributed by atoms with Gasteiger partial charge in [0.25, 0.3) is 0 Å². The summed E-state index contributed by atoms with van der Waals surface area (Å²) in [7, 11) is 1.69. The van der Waals surface area contributed by atoms with Crippen LogP contribution in [-0.4, -0.2) is 50.8 Å². The predicted octanol–water partition coefficient (Wildman–Crippen LogP) is 1.73. The van der Waals surface area contributed by atoms with Crippen molar-refractivity contribution >= 4 is 0 Å². The molecule has 1 aromatic carbocycles. The van der Waals surface area contributed by atoms with E-state index in [9.17, 15) is 5.11 Å². The molecule has 0 unspecified atom stereocenters. The Balaban J connectivity index is 1.73. The van der Waals surface area contributed by atoms with Crippen molar-refractivity contribution in [3.05, 3.63) is 29.8 Å². The van der Waals surface area contributed by atoms with Gasteiger partial charge in [0.2, 0.25) is 0 Å². The summed E-state index contributed by atoms with van der Waals surface area (Å²) in [6.45, 7) is 3.97. The van der Waals surface area contributed by atoms with E-state index in [0.717, 1.165) is 24.3 Å². The number of rotatable bonds is 9. The Bertz CT molecular complexity index is 432. The number of ether oxygens (including phenoxy) is 3. The first-order valence-corrected chi connectivity index (χ1v) is 7.93. The molecule has 0 radical (unpaired) electrons. The quantitative estimate of drug-likeness (QED) is 0.680. The van der Waals surface area contributed by atoms with Gasteiger partial charge >= 0.3 is 0 Å². The summed E-state index contributed by atoms with van der Waals surface area (Å²) >= 11 is 0. The maximum Gasteiger partial charge on any atom is 0.119 e. The van der Waals surface area contributed by atoms with E-state index in [1.54, 1.807) is 7.11 Å². The SMILES string of the molecule is COCCCOc1cccc(CNCC2(O)CCOCC2)c1. The van der Waals surface area contributed by atoms with Gasteiger partial charge < -0.3 is 24.6 Å². The summed E-state index contributed by atoms with van der Waals surface area (Å²) in [5.74, 6) is 0.875. The molecule has 0 bridgehead atoms. The van der Waals surface area contributed by atoms with Crippen molar-refractivity contribution in [3.63, 3.8) is 0 Å². The van der Waals surface area contributed by atoms with Crippen LogP contribution in [-0.2, 0) is 16.0 Å². The molecular weight excluding hydrogens is 282 g/mol. The number of aliphatic hydroxyl groups is 1. The minimum Gasteiger partial charge on any atom is -0.493 e. The van der Waals surface area contributed by atoms with Crippen LogP contribution in [0.25, 0.3) is 0 Å². The van der Waals surface area contributed by atoms with Crippen LogP contribution in [0.5, 0.6) is 5.75 Å². The van der Waals surface area contributed by atoms with Crippen LogP contribution in [0, 0.1) is 0 Å². The highest BCUT2D eigenvalue weighted by Crippen LogP contribution is 2.19. The van der Waals surface area contributed by atoms with E-state index < -0.39 is 5.60 Å². The van der Waals surface area contributed by atoms with Crippen LogP contribution in [0.2, 0.25) is 0 Å². The van der Waals surface area contributed by atoms with E-state index in [4.69, 9.17) is 14.2 Å². The maximum atomic E-state index is 10.4. The summed E-state index contributed by atoms with van der Waals surface area (Å²) in [5.41, 5.74) is 0.520. The third kappa shape index (κ3) is 5.93. The van der Waals surface area contributed by atoms with Crippen LogP contribution in [0.4, 0.5) is 0 Å². The predicted molar refractivity (Wildman–Crippen MR) is 85.1 cm³/mol. The van der Waals surface area contributed by atoms with Crippen LogP contribution in [0.3, 0.4) is 0 Å². The second-order valence-corrected chi connectivity index (χ2v) is 5.78. The van der Waals surface area contributed by atoms with Crippen LogP contribution < -0.4 is 10.1 Å². The lowest BCUT2D eigenvalue weighted by Gasteiger charge is -2.32. The summed E-state index contributed by atoms with van der Waals surface area (Å²) in [5, 5.41) is 13.7. The Labute approximate surface area is 132 Å². The summed E-state index contributed by atoms with van der Waals surface area (Å²) in [6.07, 6.45) is 2.28. The highest BCUT2D eigenvalue weighted by atomic mass is 16.5. The zero-order chi connectivity index (χ0) is 15.7. The van der Waals surface area contributed by atoms with Gasteiger partial charge in [-0.05, 0) is 17.7 Å². The van der Waals surface area contributed by atoms with Gasteiger partial charge in [0.15, 0.2) is 0 Å². The molecule has 0 amide bonds. The first-order valence-electron chi connectivity index (χ1n) is 7.93. The second kappa shape index (κ2) is 9.10. The van der Waals surface area contributed by atoms with Crippen molar-refractivity contribution in [2.24, 2.45) is 0 Å². The van der Waals surface area contributed by atoms with Crippen LogP contribution in [0.1, 0.15) is 24.8 Å². The molecule has 22 heavy (non-hydrogen) atoms. The summed E-state index contributed by atoms with van der Waals surface area (Å²) in [4.78, 5) is 0. The molecule has 124 valence electrons. The van der Waals surface area contributed by atoms with Crippen molar-refractivity contribution in [2.75, 3.05) is 40.1 Å². The standard InChI is InChI=1S/C17H27NO4/c1-20-8-3-9-22-16-5-2-4-15(12-16)13-18-14-17(19)6-10-21-11-7-17/h2,4-5,12,18-19H,3,6-11,13-14H2,1H3. The molecule has 2 rings (SSSR count). The Morgan fingerprint density at radius 1 is 1.27 bits per heavy atom.